The molecule has 3 saturated heterocycles. The van der Waals surface area contributed by atoms with Gasteiger partial charge in [-0.05, 0) is 92.8 Å². The first kappa shape index (κ1) is 38.4. The van der Waals surface area contributed by atoms with Gasteiger partial charge in [-0.2, -0.15) is 0 Å². The molecule has 12 nitrogen and oxygen atoms in total. The number of carbonyl (C=O) groups is 4. The van der Waals surface area contributed by atoms with Gasteiger partial charge in [-0.25, -0.2) is 4.79 Å². The van der Waals surface area contributed by atoms with Crippen LogP contribution in [-0.2, 0) is 16.6 Å². The van der Waals surface area contributed by atoms with Gasteiger partial charge < -0.3 is 29.3 Å². The normalized spacial score (nSPS) is 18.7. The smallest absolute Gasteiger partial charge is 0.405 e. The van der Waals surface area contributed by atoms with Crippen LogP contribution in [0.3, 0.4) is 0 Å². The highest BCUT2D eigenvalue weighted by atomic mass is 19.4. The van der Waals surface area contributed by atoms with E-state index >= 15 is 0 Å². The third kappa shape index (κ3) is 8.39. The van der Waals surface area contributed by atoms with Crippen LogP contribution in [0.15, 0.2) is 53.5 Å². The number of ether oxygens (including phenoxy) is 1. The molecule has 2 N–H and O–H groups in total. The molecule has 3 aliphatic rings. The Kier molecular flexibility index (Phi) is 11.1. The Labute approximate surface area is 311 Å². The summed E-state index contributed by atoms with van der Waals surface area (Å²) < 4.78 is 46.4. The van der Waals surface area contributed by atoms with Crippen molar-refractivity contribution in [1.29, 1.82) is 0 Å². The molecule has 6 rings (SSSR count). The summed E-state index contributed by atoms with van der Waals surface area (Å²) in [5, 5.41) is 5.54. The van der Waals surface area contributed by atoms with Gasteiger partial charge in [-0.3, -0.25) is 24.5 Å². The number of amides is 5. The van der Waals surface area contributed by atoms with E-state index in [1.54, 1.807) is 45.1 Å². The molecule has 0 radical (unpaired) electrons. The van der Waals surface area contributed by atoms with Crippen LogP contribution >= 0.6 is 0 Å². The molecule has 5 amide bonds. The van der Waals surface area contributed by atoms with Crippen LogP contribution in [0.5, 0.6) is 5.75 Å². The Balaban J connectivity index is 1.03. The molecule has 1 unspecified atom stereocenters. The minimum Gasteiger partial charge on any atom is -0.405 e. The van der Waals surface area contributed by atoms with Gasteiger partial charge in [0.1, 0.15) is 11.8 Å². The number of halogens is 3. The Morgan fingerprint density at radius 2 is 1.54 bits per heavy atom. The maximum atomic E-state index is 13.6. The lowest BCUT2D eigenvalue weighted by Gasteiger charge is -2.40. The number of rotatable bonds is 7. The zero-order chi connectivity index (χ0) is 38.9. The topological polar surface area (TPSA) is 133 Å². The first-order valence-corrected chi connectivity index (χ1v) is 18.2. The van der Waals surface area contributed by atoms with Crippen LogP contribution in [0.25, 0.3) is 11.1 Å². The average Bonchev–Trinajstić information content (AvgIpc) is 3.15. The number of imide groups is 1. The van der Waals surface area contributed by atoms with Crippen molar-refractivity contribution in [1.82, 2.24) is 24.6 Å². The van der Waals surface area contributed by atoms with Gasteiger partial charge in [-0.15, -0.1) is 13.2 Å². The maximum Gasteiger partial charge on any atom is 0.573 e. The molecule has 3 aromatic rings. The Hall–Kier alpha value is -5.34. The third-order valence-electron chi connectivity index (χ3n) is 11.0. The maximum absolute atomic E-state index is 13.6. The number of hydrogen-bond acceptors (Lipinski definition) is 7. The molecule has 0 aliphatic carbocycles. The minimum absolute atomic E-state index is 0.0950. The van der Waals surface area contributed by atoms with Gasteiger partial charge in [0.2, 0.25) is 11.8 Å². The van der Waals surface area contributed by atoms with E-state index in [0.717, 1.165) is 24.1 Å². The molecule has 0 spiro atoms. The van der Waals surface area contributed by atoms with Gasteiger partial charge in [0.05, 0.1) is 5.56 Å². The van der Waals surface area contributed by atoms with Crippen molar-refractivity contribution in [3.05, 3.63) is 81.3 Å². The van der Waals surface area contributed by atoms with E-state index in [2.05, 4.69) is 15.4 Å². The van der Waals surface area contributed by atoms with Crippen molar-refractivity contribution >= 4 is 29.4 Å². The number of anilines is 1. The third-order valence-corrected chi connectivity index (χ3v) is 11.0. The summed E-state index contributed by atoms with van der Waals surface area (Å²) in [5.74, 6) is -1.52. The molecule has 4 heterocycles. The van der Waals surface area contributed by atoms with E-state index in [4.69, 9.17) is 0 Å². The van der Waals surface area contributed by atoms with Crippen LogP contribution in [-0.4, -0.2) is 94.7 Å². The number of nitrogens with one attached hydrogen (secondary N) is 2. The summed E-state index contributed by atoms with van der Waals surface area (Å²) in [5.41, 5.74) is 3.53. The molecule has 54 heavy (non-hydrogen) atoms. The fourth-order valence-electron chi connectivity index (χ4n) is 7.64. The van der Waals surface area contributed by atoms with Crippen LogP contribution in [0.2, 0.25) is 0 Å². The van der Waals surface area contributed by atoms with Crippen molar-refractivity contribution in [3.8, 4) is 16.9 Å². The van der Waals surface area contributed by atoms with E-state index in [9.17, 15) is 37.1 Å². The first-order valence-electron chi connectivity index (χ1n) is 18.2. The molecule has 3 aliphatic heterocycles. The highest BCUT2D eigenvalue weighted by Crippen LogP contribution is 2.35. The number of benzene rings is 2. The lowest BCUT2D eigenvalue weighted by Crippen LogP contribution is -2.52. The summed E-state index contributed by atoms with van der Waals surface area (Å²) >= 11 is 0. The average molecular weight is 751 g/mol. The number of aryl methyl sites for hydroxylation is 1. The number of carbonyl (C=O) groups excluding carboxylic acids is 4. The monoisotopic (exact) mass is 750 g/mol. The second-order valence-electron chi connectivity index (χ2n) is 14.4. The Morgan fingerprint density at radius 3 is 2.17 bits per heavy atom. The molecule has 3 fully saturated rings. The number of alkyl halides is 3. The predicted molar refractivity (Wildman–Crippen MR) is 195 cm³/mol. The number of likely N-dealkylation sites (tertiary alicyclic amines) is 2. The molecule has 288 valence electrons. The van der Waals surface area contributed by atoms with Gasteiger partial charge in [0.15, 0.2) is 0 Å². The number of hydrogen-bond donors (Lipinski definition) is 2. The molecule has 0 saturated carbocycles. The standard InChI is InChI=1S/C39H45F3N6O6/c1-23-24(2)36(51)45(3)22-31(23)27-7-10-30(33(21-27)54-39(40,41)42)37(52)47-19-15-29(16-20-47)46(4)38(53)48-17-13-26(14-18-48)25-5-8-28(9-6-25)43-32-11-12-34(49)44-35(32)50/h5-10,21-22,26,29,32,43H,11-20H2,1-4H3,(H,44,49,50). The van der Waals surface area contributed by atoms with E-state index in [0.29, 0.717) is 61.0 Å². The fourth-order valence-corrected chi connectivity index (χ4v) is 7.64. The van der Waals surface area contributed by atoms with Crippen molar-refractivity contribution in [2.24, 2.45) is 7.05 Å². The van der Waals surface area contributed by atoms with Crippen LogP contribution in [0.4, 0.5) is 23.7 Å². The minimum atomic E-state index is -5.03. The lowest BCUT2D eigenvalue weighted by atomic mass is 9.89. The number of pyridine rings is 1. The summed E-state index contributed by atoms with van der Waals surface area (Å²) in [7, 11) is 3.32. The molecule has 2 aromatic carbocycles. The van der Waals surface area contributed by atoms with Crippen LogP contribution < -0.4 is 20.9 Å². The van der Waals surface area contributed by atoms with Gasteiger partial charge in [0.25, 0.3) is 11.5 Å². The van der Waals surface area contributed by atoms with E-state index in [1.807, 2.05) is 29.2 Å². The molecule has 1 atom stereocenters. The molecule has 15 heteroatoms. The van der Waals surface area contributed by atoms with Crippen molar-refractivity contribution in [3.63, 3.8) is 0 Å². The van der Waals surface area contributed by atoms with Gasteiger partial charge in [-0.1, -0.05) is 18.2 Å². The van der Waals surface area contributed by atoms with E-state index in [1.165, 1.54) is 21.6 Å². The first-order chi connectivity index (χ1) is 25.6. The molecule has 1 aromatic heterocycles. The SMILES string of the molecule is Cc1c(-c2ccc(C(=O)N3CCC(N(C)C(=O)N4CCC(c5ccc(NC6CCC(=O)NC6=O)cc5)CC4)CC3)c(OC(F)(F)F)c2)cn(C)c(=O)c1C. The van der Waals surface area contributed by atoms with Crippen molar-refractivity contribution in [2.45, 2.75) is 76.7 Å². The van der Waals surface area contributed by atoms with Gasteiger partial charge in [0, 0.05) is 75.7 Å². The quantitative estimate of drug-likeness (QED) is 0.313. The van der Waals surface area contributed by atoms with Crippen LogP contribution in [0, 0.1) is 13.8 Å². The Bertz CT molecular complexity index is 1980. The number of piperidine rings is 3. The number of urea groups is 1. The summed E-state index contributed by atoms with van der Waals surface area (Å²) in [6.45, 7) is 5.04. The van der Waals surface area contributed by atoms with Crippen molar-refractivity contribution < 1.29 is 37.1 Å². The lowest BCUT2D eigenvalue weighted by molar-refractivity contribution is -0.274. The number of aromatic nitrogens is 1. The fraction of sp³-hybridized carbons (Fsp3) is 0.462. The predicted octanol–water partition coefficient (Wildman–Crippen LogP) is 5.32. The van der Waals surface area contributed by atoms with Crippen LogP contribution in [0.1, 0.15) is 71.5 Å². The molecular formula is C39H45F3N6O6. The number of nitrogens with zero attached hydrogens (tertiary/aromatic N) is 4. The molecular weight excluding hydrogens is 705 g/mol. The zero-order valence-electron chi connectivity index (χ0n) is 30.8. The summed E-state index contributed by atoms with van der Waals surface area (Å²) in [6, 6.07) is 11.3. The van der Waals surface area contributed by atoms with Crippen molar-refractivity contribution in [2.75, 3.05) is 38.5 Å². The molecule has 0 bridgehead atoms. The Morgan fingerprint density at radius 1 is 0.889 bits per heavy atom. The van der Waals surface area contributed by atoms with E-state index in [-0.39, 0.29) is 54.0 Å². The zero-order valence-corrected chi connectivity index (χ0v) is 30.8. The highest BCUT2D eigenvalue weighted by Gasteiger charge is 2.36. The second kappa shape index (κ2) is 15.6. The highest BCUT2D eigenvalue weighted by molar-refractivity contribution is 6.01. The van der Waals surface area contributed by atoms with Gasteiger partial charge >= 0.3 is 12.4 Å². The largest absolute Gasteiger partial charge is 0.573 e. The summed E-state index contributed by atoms with van der Waals surface area (Å²) in [6.07, 6.45) is -0.231. The summed E-state index contributed by atoms with van der Waals surface area (Å²) in [4.78, 5) is 68.1. The van der Waals surface area contributed by atoms with E-state index < -0.39 is 24.1 Å². The second-order valence-corrected chi connectivity index (χ2v) is 14.4.